The summed E-state index contributed by atoms with van der Waals surface area (Å²) in [4.78, 5) is 0. The summed E-state index contributed by atoms with van der Waals surface area (Å²) in [6, 6.07) is 7.53. The average Bonchev–Trinajstić information content (AvgIpc) is 2.87. The van der Waals surface area contributed by atoms with E-state index in [2.05, 4.69) is 10.3 Å². The fourth-order valence-electron chi connectivity index (χ4n) is 1.97. The normalized spacial score (nSPS) is 19.2. The lowest BCUT2D eigenvalue weighted by Gasteiger charge is -2.26. The molecule has 1 aromatic carbocycles. The Morgan fingerprint density at radius 1 is 1.42 bits per heavy atom. The van der Waals surface area contributed by atoms with Gasteiger partial charge in [0.25, 0.3) is 0 Å². The van der Waals surface area contributed by atoms with E-state index in [0.717, 1.165) is 17.2 Å². The predicted octanol–water partition coefficient (Wildman–Crippen LogP) is 1.14. The fourth-order valence-corrected chi connectivity index (χ4v) is 1.97. The SMILES string of the molecule is CC(N)c1cn(CC2COc3ccccc3O2)nn1. The molecular weight excluding hydrogens is 244 g/mol. The lowest BCUT2D eigenvalue weighted by molar-refractivity contribution is 0.0754. The maximum absolute atomic E-state index is 5.86. The summed E-state index contributed by atoms with van der Waals surface area (Å²) in [5, 5.41) is 8.06. The van der Waals surface area contributed by atoms with Crippen LogP contribution in [0, 0.1) is 0 Å². The first kappa shape index (κ1) is 12.0. The summed E-state index contributed by atoms with van der Waals surface area (Å²) in [5.41, 5.74) is 6.53. The van der Waals surface area contributed by atoms with Crippen molar-refractivity contribution in [2.45, 2.75) is 25.6 Å². The minimum atomic E-state index is -0.113. The zero-order valence-electron chi connectivity index (χ0n) is 10.7. The third-order valence-electron chi connectivity index (χ3n) is 2.98. The van der Waals surface area contributed by atoms with Gasteiger partial charge in [-0.05, 0) is 19.1 Å². The minimum Gasteiger partial charge on any atom is -0.486 e. The molecule has 3 rings (SSSR count). The molecule has 0 aliphatic carbocycles. The molecule has 19 heavy (non-hydrogen) atoms. The van der Waals surface area contributed by atoms with Crippen LogP contribution in [0.3, 0.4) is 0 Å². The molecule has 0 bridgehead atoms. The molecule has 2 N–H and O–H groups in total. The monoisotopic (exact) mass is 260 g/mol. The second-order valence-corrected chi connectivity index (χ2v) is 4.65. The number of nitrogens with two attached hydrogens (primary N) is 1. The van der Waals surface area contributed by atoms with Crippen molar-refractivity contribution in [1.82, 2.24) is 15.0 Å². The van der Waals surface area contributed by atoms with Gasteiger partial charge in [-0.1, -0.05) is 17.3 Å². The van der Waals surface area contributed by atoms with Crippen molar-refractivity contribution >= 4 is 0 Å². The quantitative estimate of drug-likeness (QED) is 0.895. The first-order valence-corrected chi connectivity index (χ1v) is 6.26. The highest BCUT2D eigenvalue weighted by Gasteiger charge is 2.21. The largest absolute Gasteiger partial charge is 0.486 e. The van der Waals surface area contributed by atoms with Crippen LogP contribution in [0.25, 0.3) is 0 Å². The van der Waals surface area contributed by atoms with Crippen molar-refractivity contribution < 1.29 is 9.47 Å². The summed E-state index contributed by atoms with van der Waals surface area (Å²) in [6.45, 7) is 2.98. The van der Waals surface area contributed by atoms with E-state index in [1.807, 2.05) is 37.4 Å². The van der Waals surface area contributed by atoms with Gasteiger partial charge in [-0.15, -0.1) is 5.10 Å². The summed E-state index contributed by atoms with van der Waals surface area (Å²) in [7, 11) is 0. The lowest BCUT2D eigenvalue weighted by Crippen LogP contribution is -2.33. The maximum Gasteiger partial charge on any atom is 0.161 e. The first-order chi connectivity index (χ1) is 9.22. The summed E-state index contributed by atoms with van der Waals surface area (Å²) in [5.74, 6) is 1.56. The molecular formula is C13H16N4O2. The topological polar surface area (TPSA) is 75.2 Å². The Hall–Kier alpha value is -2.08. The second-order valence-electron chi connectivity index (χ2n) is 4.65. The van der Waals surface area contributed by atoms with Gasteiger partial charge in [0.2, 0.25) is 0 Å². The van der Waals surface area contributed by atoms with Crippen LogP contribution in [0.2, 0.25) is 0 Å². The Morgan fingerprint density at radius 3 is 2.95 bits per heavy atom. The molecule has 2 unspecified atom stereocenters. The first-order valence-electron chi connectivity index (χ1n) is 6.26. The van der Waals surface area contributed by atoms with Gasteiger partial charge >= 0.3 is 0 Å². The summed E-state index contributed by atoms with van der Waals surface area (Å²) >= 11 is 0. The van der Waals surface area contributed by atoms with Crippen LogP contribution in [0.4, 0.5) is 0 Å². The molecule has 0 saturated heterocycles. The third-order valence-corrected chi connectivity index (χ3v) is 2.98. The molecule has 6 heteroatoms. The lowest BCUT2D eigenvalue weighted by atomic mass is 10.2. The van der Waals surface area contributed by atoms with E-state index in [-0.39, 0.29) is 12.1 Å². The highest BCUT2D eigenvalue weighted by Crippen LogP contribution is 2.31. The van der Waals surface area contributed by atoms with Crippen molar-refractivity contribution in [1.29, 1.82) is 0 Å². The van der Waals surface area contributed by atoms with Crippen LogP contribution < -0.4 is 15.2 Å². The van der Waals surface area contributed by atoms with E-state index in [0.29, 0.717) is 13.2 Å². The van der Waals surface area contributed by atoms with E-state index in [1.54, 1.807) is 4.68 Å². The number of hydrogen-bond donors (Lipinski definition) is 1. The highest BCUT2D eigenvalue weighted by molar-refractivity contribution is 5.40. The van der Waals surface area contributed by atoms with Crippen LogP contribution in [0.1, 0.15) is 18.7 Å². The van der Waals surface area contributed by atoms with Gasteiger partial charge in [0.15, 0.2) is 17.6 Å². The zero-order valence-corrected chi connectivity index (χ0v) is 10.7. The van der Waals surface area contributed by atoms with Gasteiger partial charge in [0.1, 0.15) is 6.61 Å². The molecule has 1 aliphatic rings. The molecule has 2 heterocycles. The molecule has 0 amide bonds. The van der Waals surface area contributed by atoms with E-state index in [9.17, 15) is 0 Å². The van der Waals surface area contributed by atoms with E-state index >= 15 is 0 Å². The van der Waals surface area contributed by atoms with Gasteiger partial charge in [-0.2, -0.15) is 0 Å². The van der Waals surface area contributed by atoms with Crippen molar-refractivity contribution in [2.75, 3.05) is 6.61 Å². The fraction of sp³-hybridized carbons (Fsp3) is 0.385. The molecule has 0 spiro atoms. The van der Waals surface area contributed by atoms with Crippen molar-refractivity contribution in [3.8, 4) is 11.5 Å². The number of aromatic nitrogens is 3. The second kappa shape index (κ2) is 4.89. The Bertz CT molecular complexity index is 567. The Labute approximate surface area is 111 Å². The maximum atomic E-state index is 5.86. The van der Waals surface area contributed by atoms with E-state index < -0.39 is 0 Å². The number of ether oxygens (including phenoxy) is 2. The van der Waals surface area contributed by atoms with Crippen LogP contribution in [-0.2, 0) is 6.54 Å². The van der Waals surface area contributed by atoms with Gasteiger partial charge in [0.05, 0.1) is 18.4 Å². The molecule has 0 radical (unpaired) electrons. The Balaban J connectivity index is 1.68. The van der Waals surface area contributed by atoms with Crippen LogP contribution in [-0.4, -0.2) is 27.7 Å². The number of fused-ring (bicyclic) bond motifs is 1. The number of nitrogens with zero attached hydrogens (tertiary/aromatic N) is 3. The van der Waals surface area contributed by atoms with E-state index in [1.165, 1.54) is 0 Å². The molecule has 100 valence electrons. The molecule has 0 fully saturated rings. The number of rotatable bonds is 3. The molecule has 2 atom stereocenters. The molecule has 2 aromatic rings. The van der Waals surface area contributed by atoms with Gasteiger partial charge in [-0.3, -0.25) is 0 Å². The minimum absolute atomic E-state index is 0.0717. The predicted molar refractivity (Wildman–Crippen MR) is 69.0 cm³/mol. The van der Waals surface area contributed by atoms with Gasteiger partial charge in [0, 0.05) is 6.04 Å². The van der Waals surface area contributed by atoms with Crippen molar-refractivity contribution in [3.05, 3.63) is 36.2 Å². The molecule has 1 aromatic heterocycles. The van der Waals surface area contributed by atoms with E-state index in [4.69, 9.17) is 15.2 Å². The van der Waals surface area contributed by atoms with Gasteiger partial charge in [-0.25, -0.2) is 4.68 Å². The molecule has 1 aliphatic heterocycles. The molecule has 0 saturated carbocycles. The zero-order chi connectivity index (χ0) is 13.2. The molecule has 6 nitrogen and oxygen atoms in total. The Kier molecular flexibility index (Phi) is 3.08. The number of benzene rings is 1. The number of hydrogen-bond acceptors (Lipinski definition) is 5. The van der Waals surface area contributed by atoms with Crippen LogP contribution in [0.15, 0.2) is 30.5 Å². The average molecular weight is 260 g/mol. The van der Waals surface area contributed by atoms with Gasteiger partial charge < -0.3 is 15.2 Å². The van der Waals surface area contributed by atoms with Crippen molar-refractivity contribution in [3.63, 3.8) is 0 Å². The van der Waals surface area contributed by atoms with Crippen LogP contribution >= 0.6 is 0 Å². The smallest absolute Gasteiger partial charge is 0.161 e. The Morgan fingerprint density at radius 2 is 2.21 bits per heavy atom. The highest BCUT2D eigenvalue weighted by atomic mass is 16.6. The summed E-state index contributed by atoms with van der Waals surface area (Å²) < 4.78 is 13.2. The van der Waals surface area contributed by atoms with Crippen LogP contribution in [0.5, 0.6) is 11.5 Å². The standard InChI is InChI=1S/C13H16N4O2/c1-9(14)11-7-17(16-15-11)6-10-8-18-12-4-2-3-5-13(12)19-10/h2-5,7,9-10H,6,8,14H2,1H3. The van der Waals surface area contributed by atoms with Crippen molar-refractivity contribution in [2.24, 2.45) is 5.73 Å². The summed E-state index contributed by atoms with van der Waals surface area (Å²) in [6.07, 6.45) is 1.77. The number of para-hydroxylation sites is 2. The third kappa shape index (κ3) is 2.53.